The Balaban J connectivity index is 0.00000144. The SMILES string of the molecule is O=C(O)c1ccc2ccccc2c1C(=O)O.[H-].[Na+]. The van der Waals surface area contributed by atoms with Crippen LogP contribution in [0.25, 0.3) is 10.8 Å². The van der Waals surface area contributed by atoms with Gasteiger partial charge in [0.05, 0.1) is 11.1 Å². The molecule has 0 atom stereocenters. The van der Waals surface area contributed by atoms with E-state index in [1.165, 1.54) is 6.07 Å². The van der Waals surface area contributed by atoms with E-state index < -0.39 is 11.9 Å². The number of benzene rings is 2. The fourth-order valence-corrected chi connectivity index (χ4v) is 1.68. The summed E-state index contributed by atoms with van der Waals surface area (Å²) in [6.45, 7) is 0. The summed E-state index contributed by atoms with van der Waals surface area (Å²) in [6.07, 6.45) is 0. The van der Waals surface area contributed by atoms with Crippen molar-refractivity contribution in [2.75, 3.05) is 0 Å². The molecule has 82 valence electrons. The molecular weight excluding hydrogens is 231 g/mol. The van der Waals surface area contributed by atoms with Crippen LogP contribution in [0, 0.1) is 0 Å². The second-order valence-electron chi connectivity index (χ2n) is 3.32. The number of fused-ring (bicyclic) bond motifs is 1. The Morgan fingerprint density at radius 2 is 1.59 bits per heavy atom. The molecule has 0 aliphatic rings. The van der Waals surface area contributed by atoms with Crippen molar-refractivity contribution < 1.29 is 50.8 Å². The molecule has 2 rings (SSSR count). The zero-order valence-corrected chi connectivity index (χ0v) is 11.2. The van der Waals surface area contributed by atoms with Gasteiger partial charge in [0, 0.05) is 0 Å². The molecule has 0 aliphatic heterocycles. The molecule has 0 saturated heterocycles. The monoisotopic (exact) mass is 240 g/mol. The van der Waals surface area contributed by atoms with Gasteiger partial charge in [0.15, 0.2) is 0 Å². The zero-order chi connectivity index (χ0) is 11.7. The van der Waals surface area contributed by atoms with Gasteiger partial charge in [-0.15, -0.1) is 0 Å². The number of carbonyl (C=O) groups is 2. The minimum absolute atomic E-state index is 0. The summed E-state index contributed by atoms with van der Waals surface area (Å²) >= 11 is 0. The van der Waals surface area contributed by atoms with Crippen molar-refractivity contribution >= 4 is 22.7 Å². The molecule has 4 nitrogen and oxygen atoms in total. The normalized spacial score (nSPS) is 9.65. The van der Waals surface area contributed by atoms with E-state index in [0.29, 0.717) is 10.8 Å². The van der Waals surface area contributed by atoms with Gasteiger partial charge in [-0.2, -0.15) is 0 Å². The Bertz CT molecular complexity index is 598. The van der Waals surface area contributed by atoms with E-state index >= 15 is 0 Å². The third kappa shape index (κ3) is 2.49. The molecule has 0 spiro atoms. The number of hydrogen-bond acceptors (Lipinski definition) is 2. The summed E-state index contributed by atoms with van der Waals surface area (Å²) < 4.78 is 0. The quantitative estimate of drug-likeness (QED) is 0.684. The Labute approximate surface area is 121 Å². The Hall–Kier alpha value is -1.36. The van der Waals surface area contributed by atoms with Crippen molar-refractivity contribution in [1.29, 1.82) is 0 Å². The van der Waals surface area contributed by atoms with Crippen molar-refractivity contribution in [2.24, 2.45) is 0 Å². The first kappa shape index (κ1) is 13.7. The van der Waals surface area contributed by atoms with E-state index in [1.54, 1.807) is 30.3 Å². The Kier molecular flexibility index (Phi) is 4.28. The maximum Gasteiger partial charge on any atom is 1.00 e. The molecule has 0 bridgehead atoms. The smallest absolute Gasteiger partial charge is 1.00 e. The second kappa shape index (κ2) is 5.31. The van der Waals surface area contributed by atoms with Gasteiger partial charge in [0.1, 0.15) is 0 Å². The van der Waals surface area contributed by atoms with Crippen LogP contribution in [0.15, 0.2) is 36.4 Å². The van der Waals surface area contributed by atoms with Crippen LogP contribution < -0.4 is 29.6 Å². The van der Waals surface area contributed by atoms with Crippen molar-refractivity contribution in [1.82, 2.24) is 0 Å². The van der Waals surface area contributed by atoms with Crippen molar-refractivity contribution in [2.45, 2.75) is 0 Å². The molecule has 2 aromatic carbocycles. The standard InChI is InChI=1S/C12H8O4.Na.H/c13-11(14)9-6-5-7-3-1-2-4-8(7)10(9)12(15)16;;/h1-6H,(H,13,14)(H,15,16);;/q;+1;-1. The average molecular weight is 240 g/mol. The fraction of sp³-hybridized carbons (Fsp3) is 0. The predicted molar refractivity (Wildman–Crippen MR) is 59.0 cm³/mol. The molecule has 2 aromatic rings. The molecule has 0 heterocycles. The first-order valence-electron chi connectivity index (χ1n) is 4.59. The van der Waals surface area contributed by atoms with Gasteiger partial charge in [-0.1, -0.05) is 30.3 Å². The first-order valence-corrected chi connectivity index (χ1v) is 4.59. The van der Waals surface area contributed by atoms with E-state index in [2.05, 4.69) is 0 Å². The topological polar surface area (TPSA) is 74.6 Å². The molecule has 0 saturated carbocycles. The minimum atomic E-state index is -1.23. The number of hydrogen-bond donors (Lipinski definition) is 2. The maximum atomic E-state index is 11.1. The summed E-state index contributed by atoms with van der Waals surface area (Å²) in [4.78, 5) is 22.0. The summed E-state index contributed by atoms with van der Waals surface area (Å²) in [7, 11) is 0. The van der Waals surface area contributed by atoms with E-state index in [4.69, 9.17) is 10.2 Å². The molecule has 0 fully saturated rings. The van der Waals surface area contributed by atoms with E-state index in [9.17, 15) is 9.59 Å². The van der Waals surface area contributed by atoms with Crippen LogP contribution in [0.5, 0.6) is 0 Å². The summed E-state index contributed by atoms with van der Waals surface area (Å²) in [6, 6.07) is 9.72. The van der Waals surface area contributed by atoms with Crippen LogP contribution in [0.3, 0.4) is 0 Å². The van der Waals surface area contributed by atoms with Crippen LogP contribution in [-0.2, 0) is 0 Å². The van der Waals surface area contributed by atoms with E-state index in [0.717, 1.165) is 0 Å². The summed E-state index contributed by atoms with van der Waals surface area (Å²) in [5.74, 6) is -2.46. The van der Waals surface area contributed by atoms with Crippen molar-refractivity contribution in [3.05, 3.63) is 47.5 Å². The Morgan fingerprint density at radius 3 is 2.18 bits per heavy atom. The zero-order valence-electron chi connectivity index (χ0n) is 10.2. The number of carboxylic acid groups (broad SMARTS) is 2. The molecular formula is C12H9NaO4. The molecule has 0 radical (unpaired) electrons. The molecule has 0 unspecified atom stereocenters. The van der Waals surface area contributed by atoms with E-state index in [-0.39, 0.29) is 42.1 Å². The van der Waals surface area contributed by atoms with Gasteiger partial charge >= 0.3 is 41.5 Å². The molecule has 2 N–H and O–H groups in total. The summed E-state index contributed by atoms with van der Waals surface area (Å²) in [5, 5.41) is 19.1. The molecule has 5 heteroatoms. The van der Waals surface area contributed by atoms with Crippen LogP contribution in [0.4, 0.5) is 0 Å². The molecule has 0 amide bonds. The third-order valence-electron chi connectivity index (χ3n) is 2.37. The van der Waals surface area contributed by atoms with Gasteiger partial charge in [-0.3, -0.25) is 0 Å². The minimum Gasteiger partial charge on any atom is -1.00 e. The second-order valence-corrected chi connectivity index (χ2v) is 3.32. The van der Waals surface area contributed by atoms with Crippen LogP contribution in [-0.4, -0.2) is 22.2 Å². The van der Waals surface area contributed by atoms with Crippen molar-refractivity contribution in [3.8, 4) is 0 Å². The number of carboxylic acids is 2. The number of rotatable bonds is 2. The van der Waals surface area contributed by atoms with E-state index in [1.807, 2.05) is 0 Å². The van der Waals surface area contributed by atoms with Gasteiger partial charge in [-0.25, -0.2) is 9.59 Å². The molecule has 17 heavy (non-hydrogen) atoms. The molecule has 0 aromatic heterocycles. The van der Waals surface area contributed by atoms with Gasteiger partial charge < -0.3 is 11.6 Å². The van der Waals surface area contributed by atoms with Crippen molar-refractivity contribution in [3.63, 3.8) is 0 Å². The maximum absolute atomic E-state index is 11.1. The predicted octanol–water partition coefficient (Wildman–Crippen LogP) is -0.647. The summed E-state index contributed by atoms with van der Waals surface area (Å²) in [5.41, 5.74) is -0.350. The van der Waals surface area contributed by atoms with Gasteiger partial charge in [0.25, 0.3) is 0 Å². The number of aromatic carboxylic acids is 2. The fourth-order valence-electron chi connectivity index (χ4n) is 1.68. The third-order valence-corrected chi connectivity index (χ3v) is 2.37. The van der Waals surface area contributed by atoms with Crippen LogP contribution in [0.1, 0.15) is 22.1 Å². The average Bonchev–Trinajstić information content (AvgIpc) is 2.27. The molecule has 0 aliphatic carbocycles. The van der Waals surface area contributed by atoms with Gasteiger partial charge in [0.2, 0.25) is 0 Å². The largest absolute Gasteiger partial charge is 1.00 e. The van der Waals surface area contributed by atoms with Crippen LogP contribution in [0.2, 0.25) is 0 Å². The van der Waals surface area contributed by atoms with Gasteiger partial charge in [-0.05, 0) is 16.8 Å². The van der Waals surface area contributed by atoms with Crippen LogP contribution >= 0.6 is 0 Å². The first-order chi connectivity index (χ1) is 7.61. The Morgan fingerprint density at radius 1 is 0.941 bits per heavy atom.